The van der Waals surface area contributed by atoms with Crippen molar-refractivity contribution in [2.75, 3.05) is 0 Å². The molecular formula is C12H18. The lowest BCUT2D eigenvalue weighted by Gasteiger charge is -2.05. The van der Waals surface area contributed by atoms with E-state index in [1.807, 2.05) is 0 Å². The zero-order valence-corrected chi connectivity index (χ0v) is 8.35. The summed E-state index contributed by atoms with van der Waals surface area (Å²) in [5.74, 6) is 9.74. The van der Waals surface area contributed by atoms with E-state index in [2.05, 4.69) is 38.5 Å². The van der Waals surface area contributed by atoms with Crippen LogP contribution in [0.4, 0.5) is 0 Å². The zero-order chi connectivity index (χ0) is 9.40. The molecule has 0 heteroatoms. The molecule has 0 N–H and O–H groups in total. The van der Waals surface area contributed by atoms with E-state index in [9.17, 15) is 0 Å². The molecule has 12 heavy (non-hydrogen) atoms. The molecule has 0 spiro atoms. The highest BCUT2D eigenvalue weighted by atomic mass is 14.0. The lowest BCUT2D eigenvalue weighted by molar-refractivity contribution is 0.550. The number of hydrogen-bond acceptors (Lipinski definition) is 0. The van der Waals surface area contributed by atoms with Crippen molar-refractivity contribution in [1.82, 2.24) is 0 Å². The van der Waals surface area contributed by atoms with Gasteiger partial charge in [0.25, 0.3) is 0 Å². The first-order valence-corrected chi connectivity index (χ1v) is 4.65. The Bertz CT molecular complexity index is 194. The van der Waals surface area contributed by atoms with Gasteiger partial charge in [0, 0.05) is 6.42 Å². The fraction of sp³-hybridized carbons (Fsp3) is 0.667. The van der Waals surface area contributed by atoms with Gasteiger partial charge in [0.05, 0.1) is 5.92 Å². The topological polar surface area (TPSA) is 0 Å². The van der Waals surface area contributed by atoms with Crippen molar-refractivity contribution in [3.63, 3.8) is 0 Å². The molecule has 0 rings (SSSR count). The van der Waals surface area contributed by atoms with Crippen LogP contribution in [0.3, 0.4) is 0 Å². The maximum atomic E-state index is 5.35. The first kappa shape index (κ1) is 11.1. The quantitative estimate of drug-likeness (QED) is 0.559. The van der Waals surface area contributed by atoms with Crippen LogP contribution in [0.2, 0.25) is 0 Å². The highest BCUT2D eigenvalue weighted by Gasteiger charge is 2.02. The van der Waals surface area contributed by atoms with E-state index < -0.39 is 0 Å². The lowest BCUT2D eigenvalue weighted by Crippen LogP contribution is -1.98. The van der Waals surface area contributed by atoms with Gasteiger partial charge >= 0.3 is 0 Å². The van der Waals surface area contributed by atoms with Gasteiger partial charge in [-0.1, -0.05) is 32.6 Å². The van der Waals surface area contributed by atoms with Gasteiger partial charge < -0.3 is 0 Å². The van der Waals surface area contributed by atoms with Crippen molar-refractivity contribution in [3.8, 4) is 24.2 Å². The molecule has 0 radical (unpaired) electrons. The molecule has 1 unspecified atom stereocenters. The Morgan fingerprint density at radius 1 is 1.33 bits per heavy atom. The second-order valence-electron chi connectivity index (χ2n) is 3.42. The molecule has 0 fully saturated rings. The fourth-order valence-corrected chi connectivity index (χ4v) is 0.960. The Morgan fingerprint density at radius 3 is 2.42 bits per heavy atom. The normalized spacial score (nSPS) is 11.6. The van der Waals surface area contributed by atoms with Crippen LogP contribution in [0.5, 0.6) is 0 Å². The van der Waals surface area contributed by atoms with Crippen LogP contribution < -0.4 is 0 Å². The molecule has 0 aliphatic carbocycles. The minimum atomic E-state index is 0.163. The van der Waals surface area contributed by atoms with E-state index >= 15 is 0 Å². The lowest BCUT2D eigenvalue weighted by atomic mass is 9.98. The van der Waals surface area contributed by atoms with Crippen LogP contribution >= 0.6 is 0 Å². The third kappa shape index (κ3) is 5.87. The molecule has 0 bridgehead atoms. The maximum Gasteiger partial charge on any atom is 0.0811 e. The van der Waals surface area contributed by atoms with E-state index in [-0.39, 0.29) is 5.92 Å². The van der Waals surface area contributed by atoms with E-state index in [4.69, 9.17) is 6.42 Å². The summed E-state index contributed by atoms with van der Waals surface area (Å²) >= 11 is 0. The summed E-state index contributed by atoms with van der Waals surface area (Å²) in [4.78, 5) is 0. The Hall–Kier alpha value is -0.880. The summed E-state index contributed by atoms with van der Waals surface area (Å²) in [6, 6.07) is 0. The van der Waals surface area contributed by atoms with Crippen molar-refractivity contribution in [2.24, 2.45) is 11.8 Å². The van der Waals surface area contributed by atoms with Crippen LogP contribution in [-0.4, -0.2) is 0 Å². The highest BCUT2D eigenvalue weighted by molar-refractivity contribution is 5.14. The molecule has 0 heterocycles. The second-order valence-corrected chi connectivity index (χ2v) is 3.42. The van der Waals surface area contributed by atoms with Crippen LogP contribution in [-0.2, 0) is 0 Å². The standard InChI is InChI=1S/C12H18/c1-5-7-8-9-12(6-2)10-11(3)4/h2,11-12H,5,7,10H2,1,3-4H3. The minimum Gasteiger partial charge on any atom is -0.119 e. The third-order valence-electron chi connectivity index (χ3n) is 1.56. The van der Waals surface area contributed by atoms with Gasteiger partial charge in [0.15, 0.2) is 0 Å². The molecule has 0 saturated heterocycles. The summed E-state index contributed by atoms with van der Waals surface area (Å²) in [7, 11) is 0. The SMILES string of the molecule is C#CC(C#CCCC)CC(C)C. The molecule has 0 aromatic carbocycles. The number of hydrogen-bond donors (Lipinski definition) is 0. The summed E-state index contributed by atoms with van der Waals surface area (Å²) in [5, 5.41) is 0. The van der Waals surface area contributed by atoms with Gasteiger partial charge in [-0.3, -0.25) is 0 Å². The van der Waals surface area contributed by atoms with Gasteiger partial charge in [0.2, 0.25) is 0 Å². The van der Waals surface area contributed by atoms with Crippen LogP contribution in [0.1, 0.15) is 40.0 Å². The zero-order valence-electron chi connectivity index (χ0n) is 8.35. The molecule has 1 atom stereocenters. The molecule has 0 aliphatic rings. The van der Waals surface area contributed by atoms with Crippen molar-refractivity contribution < 1.29 is 0 Å². The molecule has 0 saturated carbocycles. The number of rotatable bonds is 3. The molecular weight excluding hydrogens is 144 g/mol. The Morgan fingerprint density at radius 2 is 2.00 bits per heavy atom. The summed E-state index contributed by atoms with van der Waals surface area (Å²) in [6.07, 6.45) is 8.46. The largest absolute Gasteiger partial charge is 0.119 e. The van der Waals surface area contributed by atoms with Crippen LogP contribution in [0.15, 0.2) is 0 Å². The summed E-state index contributed by atoms with van der Waals surface area (Å²) in [5.41, 5.74) is 0. The minimum absolute atomic E-state index is 0.163. The van der Waals surface area contributed by atoms with E-state index in [1.54, 1.807) is 0 Å². The molecule has 0 nitrogen and oxygen atoms in total. The smallest absolute Gasteiger partial charge is 0.0811 e. The van der Waals surface area contributed by atoms with E-state index in [1.165, 1.54) is 0 Å². The average molecular weight is 162 g/mol. The summed E-state index contributed by atoms with van der Waals surface area (Å²) < 4.78 is 0. The Balaban J connectivity index is 3.87. The Labute approximate surface area is 76.8 Å². The van der Waals surface area contributed by atoms with Crippen molar-refractivity contribution in [2.45, 2.75) is 40.0 Å². The molecule has 0 aromatic rings. The van der Waals surface area contributed by atoms with Gasteiger partial charge in [-0.25, -0.2) is 0 Å². The monoisotopic (exact) mass is 162 g/mol. The van der Waals surface area contributed by atoms with Crippen LogP contribution in [0, 0.1) is 36.0 Å². The molecule has 0 aromatic heterocycles. The van der Waals surface area contributed by atoms with Crippen LogP contribution in [0.25, 0.3) is 0 Å². The number of terminal acetylenes is 1. The van der Waals surface area contributed by atoms with Gasteiger partial charge in [-0.15, -0.1) is 12.3 Å². The van der Waals surface area contributed by atoms with E-state index in [0.717, 1.165) is 19.3 Å². The fourth-order valence-electron chi connectivity index (χ4n) is 0.960. The van der Waals surface area contributed by atoms with Gasteiger partial charge in [0.1, 0.15) is 0 Å². The Kier molecular flexibility index (Phi) is 6.31. The number of unbranched alkanes of at least 4 members (excludes halogenated alkanes) is 1. The predicted molar refractivity (Wildman–Crippen MR) is 54.5 cm³/mol. The molecule has 0 aliphatic heterocycles. The van der Waals surface area contributed by atoms with E-state index in [0.29, 0.717) is 5.92 Å². The maximum absolute atomic E-state index is 5.35. The summed E-state index contributed by atoms with van der Waals surface area (Å²) in [6.45, 7) is 6.47. The van der Waals surface area contributed by atoms with Gasteiger partial charge in [-0.2, -0.15) is 0 Å². The van der Waals surface area contributed by atoms with Crippen molar-refractivity contribution in [1.29, 1.82) is 0 Å². The first-order chi connectivity index (χ1) is 5.70. The average Bonchev–Trinajstić information content (AvgIpc) is 2.02. The highest BCUT2D eigenvalue weighted by Crippen LogP contribution is 2.09. The third-order valence-corrected chi connectivity index (χ3v) is 1.56. The van der Waals surface area contributed by atoms with Crippen molar-refractivity contribution >= 4 is 0 Å². The predicted octanol–water partition coefficient (Wildman–Crippen LogP) is 3.09. The molecule has 66 valence electrons. The van der Waals surface area contributed by atoms with Crippen molar-refractivity contribution in [3.05, 3.63) is 0 Å². The second kappa shape index (κ2) is 6.81. The molecule has 0 amide bonds. The van der Waals surface area contributed by atoms with Gasteiger partial charge in [-0.05, 0) is 18.8 Å². The first-order valence-electron chi connectivity index (χ1n) is 4.65.